The largest absolute Gasteiger partial charge is 0.315 e. The molecular formula is C25H25BrN4. The van der Waals surface area contributed by atoms with E-state index >= 15 is 0 Å². The predicted molar refractivity (Wildman–Crippen MR) is 127 cm³/mol. The first-order chi connectivity index (χ1) is 14.8. The van der Waals surface area contributed by atoms with Crippen LogP contribution in [0.25, 0.3) is 28.0 Å². The van der Waals surface area contributed by atoms with Crippen LogP contribution >= 0.6 is 15.9 Å². The van der Waals surface area contributed by atoms with Gasteiger partial charge in [-0.2, -0.15) is 0 Å². The number of hydrogen-bond donors (Lipinski definition) is 1. The molecule has 1 aliphatic rings. The second-order valence-electron chi connectivity index (χ2n) is 7.81. The van der Waals surface area contributed by atoms with Crippen molar-refractivity contribution in [1.29, 1.82) is 0 Å². The Labute approximate surface area is 185 Å². The highest BCUT2D eigenvalue weighted by molar-refractivity contribution is 9.10. The molecule has 0 spiro atoms. The summed E-state index contributed by atoms with van der Waals surface area (Å²) in [4.78, 5) is 7.55. The van der Waals surface area contributed by atoms with Crippen LogP contribution < -0.4 is 5.32 Å². The molecule has 4 aromatic rings. The lowest BCUT2D eigenvalue weighted by Gasteiger charge is -2.20. The van der Waals surface area contributed by atoms with Crippen molar-refractivity contribution in [3.05, 3.63) is 83.1 Å². The Morgan fingerprint density at radius 2 is 1.60 bits per heavy atom. The van der Waals surface area contributed by atoms with Gasteiger partial charge in [-0.3, -0.25) is 4.90 Å². The zero-order valence-electron chi connectivity index (χ0n) is 16.9. The van der Waals surface area contributed by atoms with Gasteiger partial charge in [0, 0.05) is 35.9 Å². The molecule has 2 aromatic heterocycles. The van der Waals surface area contributed by atoms with Crippen molar-refractivity contribution >= 4 is 21.6 Å². The number of nitrogens with one attached hydrogen (secondary N) is 1. The monoisotopic (exact) mass is 460 g/mol. The Balaban J connectivity index is 1.54. The number of rotatable bonds is 4. The van der Waals surface area contributed by atoms with Crippen LogP contribution in [0, 0.1) is 0 Å². The number of imidazole rings is 1. The fourth-order valence-corrected chi connectivity index (χ4v) is 4.51. The third-order valence-corrected chi connectivity index (χ3v) is 6.22. The molecule has 2 aromatic carbocycles. The van der Waals surface area contributed by atoms with Crippen LogP contribution in [0.1, 0.15) is 12.1 Å². The molecular weight excluding hydrogens is 436 g/mol. The van der Waals surface area contributed by atoms with Crippen molar-refractivity contribution < 1.29 is 0 Å². The van der Waals surface area contributed by atoms with Gasteiger partial charge in [0.1, 0.15) is 5.65 Å². The lowest BCUT2D eigenvalue weighted by Crippen LogP contribution is -2.28. The molecule has 0 aliphatic carbocycles. The first kappa shape index (κ1) is 19.5. The second-order valence-corrected chi connectivity index (χ2v) is 8.72. The third kappa shape index (κ3) is 4.06. The fraction of sp³-hybridized carbons (Fsp3) is 0.240. The average molecular weight is 461 g/mol. The van der Waals surface area contributed by atoms with Gasteiger partial charge in [-0.1, -0.05) is 54.6 Å². The summed E-state index contributed by atoms with van der Waals surface area (Å²) >= 11 is 3.63. The number of hydrogen-bond acceptors (Lipinski definition) is 3. The van der Waals surface area contributed by atoms with Gasteiger partial charge >= 0.3 is 0 Å². The smallest absolute Gasteiger partial charge is 0.137 e. The minimum atomic E-state index is 0.898. The summed E-state index contributed by atoms with van der Waals surface area (Å²) in [5, 5.41) is 3.50. The van der Waals surface area contributed by atoms with Gasteiger partial charge in [0.25, 0.3) is 0 Å². The third-order valence-electron chi connectivity index (χ3n) is 5.75. The van der Waals surface area contributed by atoms with E-state index in [1.807, 2.05) is 0 Å². The topological polar surface area (TPSA) is 32.6 Å². The second kappa shape index (κ2) is 8.72. The molecule has 1 saturated heterocycles. The Hall–Kier alpha value is -2.47. The predicted octanol–water partition coefficient (Wildman–Crippen LogP) is 5.23. The summed E-state index contributed by atoms with van der Waals surface area (Å²) in [6.07, 6.45) is 3.32. The van der Waals surface area contributed by atoms with Gasteiger partial charge in [0.05, 0.1) is 11.4 Å². The maximum atomic E-state index is 5.02. The molecule has 0 saturated carbocycles. The number of pyridine rings is 1. The number of nitrogens with zero attached hydrogens (tertiary/aromatic N) is 3. The fourth-order valence-electron chi connectivity index (χ4n) is 4.17. The van der Waals surface area contributed by atoms with Gasteiger partial charge in [0.2, 0.25) is 0 Å². The van der Waals surface area contributed by atoms with Crippen molar-refractivity contribution in [2.75, 3.05) is 26.2 Å². The Kier molecular flexibility index (Phi) is 5.67. The highest BCUT2D eigenvalue weighted by atomic mass is 79.9. The molecule has 0 radical (unpaired) electrons. The van der Waals surface area contributed by atoms with Crippen LogP contribution in [0.5, 0.6) is 0 Å². The van der Waals surface area contributed by atoms with Crippen LogP contribution in [0.15, 0.2) is 77.4 Å². The molecule has 1 N–H and O–H groups in total. The molecule has 0 unspecified atom stereocenters. The maximum Gasteiger partial charge on any atom is 0.137 e. The molecule has 0 atom stereocenters. The molecule has 1 aliphatic heterocycles. The molecule has 4 nitrogen and oxygen atoms in total. The van der Waals surface area contributed by atoms with E-state index in [1.165, 1.54) is 23.2 Å². The summed E-state index contributed by atoms with van der Waals surface area (Å²) < 4.78 is 3.31. The number of benzene rings is 2. The molecule has 0 bridgehead atoms. The van der Waals surface area contributed by atoms with E-state index in [9.17, 15) is 0 Å². The van der Waals surface area contributed by atoms with Crippen LogP contribution in [-0.4, -0.2) is 40.5 Å². The Morgan fingerprint density at radius 3 is 2.43 bits per heavy atom. The van der Waals surface area contributed by atoms with E-state index in [2.05, 4.69) is 103 Å². The van der Waals surface area contributed by atoms with E-state index in [1.54, 1.807) is 0 Å². The van der Waals surface area contributed by atoms with E-state index < -0.39 is 0 Å². The first-order valence-electron chi connectivity index (χ1n) is 10.5. The molecule has 1 fully saturated rings. The SMILES string of the molecule is Brc1ccc2nc(-c3ccc(-c4ccccc4)cc3)c(CN3CCCNCC3)n2c1. The number of fused-ring (bicyclic) bond motifs is 1. The zero-order chi connectivity index (χ0) is 20.3. The van der Waals surface area contributed by atoms with E-state index in [4.69, 9.17) is 4.98 Å². The van der Waals surface area contributed by atoms with Gasteiger partial charge in [0.15, 0.2) is 0 Å². The zero-order valence-corrected chi connectivity index (χ0v) is 18.5. The molecule has 0 amide bonds. The average Bonchev–Trinajstić information content (AvgIpc) is 2.95. The first-order valence-corrected chi connectivity index (χ1v) is 11.3. The molecule has 5 rings (SSSR count). The van der Waals surface area contributed by atoms with Gasteiger partial charge in [-0.05, 0) is 58.7 Å². The number of halogens is 1. The Morgan fingerprint density at radius 1 is 0.833 bits per heavy atom. The molecule has 5 heteroatoms. The van der Waals surface area contributed by atoms with E-state index in [0.717, 1.165) is 54.1 Å². The van der Waals surface area contributed by atoms with Gasteiger partial charge in [-0.25, -0.2) is 4.98 Å². The summed E-state index contributed by atoms with van der Waals surface area (Å²) in [7, 11) is 0. The van der Waals surface area contributed by atoms with Crippen molar-refractivity contribution in [2.24, 2.45) is 0 Å². The van der Waals surface area contributed by atoms with E-state index in [0.29, 0.717) is 0 Å². The van der Waals surface area contributed by atoms with Crippen LogP contribution in [0.2, 0.25) is 0 Å². The minimum Gasteiger partial charge on any atom is -0.315 e. The summed E-state index contributed by atoms with van der Waals surface area (Å²) in [5.74, 6) is 0. The molecule has 152 valence electrons. The Bertz CT molecular complexity index is 1130. The van der Waals surface area contributed by atoms with Gasteiger partial charge in [-0.15, -0.1) is 0 Å². The molecule has 30 heavy (non-hydrogen) atoms. The highest BCUT2D eigenvalue weighted by Gasteiger charge is 2.18. The molecule has 3 heterocycles. The minimum absolute atomic E-state index is 0.898. The quantitative estimate of drug-likeness (QED) is 0.452. The number of aromatic nitrogens is 2. The normalized spacial score (nSPS) is 15.4. The van der Waals surface area contributed by atoms with Crippen molar-refractivity contribution in [2.45, 2.75) is 13.0 Å². The summed E-state index contributed by atoms with van der Waals surface area (Å²) in [5.41, 5.74) is 6.94. The lowest BCUT2D eigenvalue weighted by atomic mass is 10.0. The van der Waals surface area contributed by atoms with Crippen LogP contribution in [-0.2, 0) is 6.54 Å². The van der Waals surface area contributed by atoms with Crippen LogP contribution in [0.3, 0.4) is 0 Å². The lowest BCUT2D eigenvalue weighted by molar-refractivity contribution is 0.281. The standard InChI is InChI=1S/C25H25BrN4/c26-22-11-12-24-28-25(21-9-7-20(8-10-21)19-5-2-1-3-6-19)23(30(24)17-22)18-29-15-4-13-27-14-16-29/h1-3,5-12,17,27H,4,13-16,18H2. The highest BCUT2D eigenvalue weighted by Crippen LogP contribution is 2.29. The van der Waals surface area contributed by atoms with Gasteiger partial charge < -0.3 is 9.72 Å². The van der Waals surface area contributed by atoms with Crippen molar-refractivity contribution in [3.8, 4) is 22.4 Å². The summed E-state index contributed by atoms with van der Waals surface area (Å²) in [6, 6.07) is 23.5. The van der Waals surface area contributed by atoms with Crippen molar-refractivity contribution in [3.63, 3.8) is 0 Å². The van der Waals surface area contributed by atoms with Crippen molar-refractivity contribution in [1.82, 2.24) is 19.6 Å². The van der Waals surface area contributed by atoms with Crippen LogP contribution in [0.4, 0.5) is 0 Å². The van der Waals surface area contributed by atoms with E-state index in [-0.39, 0.29) is 0 Å². The maximum absolute atomic E-state index is 5.02. The summed E-state index contributed by atoms with van der Waals surface area (Å²) in [6.45, 7) is 5.22.